The SMILES string of the molecule is Cc1c(Cl)ccc2c1NC(=O)C2(C)C. The molecule has 1 heterocycles. The molecule has 14 heavy (non-hydrogen) atoms. The predicted octanol–water partition coefficient (Wildman–Crippen LogP) is 2.88. The molecule has 74 valence electrons. The summed E-state index contributed by atoms with van der Waals surface area (Å²) in [4.78, 5) is 11.7. The quantitative estimate of drug-likeness (QED) is 0.700. The monoisotopic (exact) mass is 209 g/mol. The highest BCUT2D eigenvalue weighted by atomic mass is 35.5. The predicted molar refractivity (Wildman–Crippen MR) is 57.8 cm³/mol. The third kappa shape index (κ3) is 1.07. The molecule has 1 amide bonds. The number of carbonyl (C=O) groups excluding carboxylic acids is 1. The summed E-state index contributed by atoms with van der Waals surface area (Å²) in [6.45, 7) is 5.76. The van der Waals surface area contributed by atoms with Crippen molar-refractivity contribution in [2.45, 2.75) is 26.2 Å². The van der Waals surface area contributed by atoms with E-state index in [2.05, 4.69) is 5.32 Å². The number of hydrogen-bond donors (Lipinski definition) is 1. The maximum Gasteiger partial charge on any atom is 0.234 e. The fourth-order valence-corrected chi connectivity index (χ4v) is 1.92. The third-order valence-corrected chi connectivity index (χ3v) is 3.29. The Bertz CT molecular complexity index is 424. The molecule has 0 spiro atoms. The lowest BCUT2D eigenvalue weighted by molar-refractivity contribution is -0.119. The van der Waals surface area contributed by atoms with Gasteiger partial charge >= 0.3 is 0 Å². The van der Waals surface area contributed by atoms with E-state index < -0.39 is 5.41 Å². The Morgan fingerprint density at radius 3 is 2.64 bits per heavy atom. The van der Waals surface area contributed by atoms with Crippen molar-refractivity contribution in [2.75, 3.05) is 5.32 Å². The molecule has 0 atom stereocenters. The van der Waals surface area contributed by atoms with Gasteiger partial charge in [0.25, 0.3) is 0 Å². The highest BCUT2D eigenvalue weighted by Crippen LogP contribution is 2.41. The molecule has 1 aromatic rings. The molecule has 2 nitrogen and oxygen atoms in total. The van der Waals surface area contributed by atoms with Gasteiger partial charge in [0.2, 0.25) is 5.91 Å². The maximum atomic E-state index is 11.7. The van der Waals surface area contributed by atoms with Crippen molar-refractivity contribution in [2.24, 2.45) is 0 Å². The smallest absolute Gasteiger partial charge is 0.234 e. The van der Waals surface area contributed by atoms with Crippen molar-refractivity contribution in [3.63, 3.8) is 0 Å². The van der Waals surface area contributed by atoms with Crippen molar-refractivity contribution < 1.29 is 4.79 Å². The first-order valence-corrected chi connectivity index (χ1v) is 4.93. The van der Waals surface area contributed by atoms with Crippen LogP contribution in [0.15, 0.2) is 12.1 Å². The Morgan fingerprint density at radius 1 is 1.36 bits per heavy atom. The molecular formula is C11H12ClNO. The number of fused-ring (bicyclic) bond motifs is 1. The number of anilines is 1. The molecule has 1 N–H and O–H groups in total. The molecule has 0 bridgehead atoms. The largest absolute Gasteiger partial charge is 0.325 e. The second-order valence-corrected chi connectivity index (χ2v) is 4.58. The van der Waals surface area contributed by atoms with E-state index in [0.29, 0.717) is 5.02 Å². The minimum Gasteiger partial charge on any atom is -0.325 e. The average molecular weight is 210 g/mol. The molecule has 1 aliphatic heterocycles. The van der Waals surface area contributed by atoms with Crippen molar-refractivity contribution in [3.8, 4) is 0 Å². The summed E-state index contributed by atoms with van der Waals surface area (Å²) < 4.78 is 0. The van der Waals surface area contributed by atoms with Crippen molar-refractivity contribution in [1.82, 2.24) is 0 Å². The Kier molecular flexibility index (Phi) is 1.86. The minimum absolute atomic E-state index is 0.0397. The van der Waals surface area contributed by atoms with Crippen LogP contribution in [-0.2, 0) is 10.2 Å². The third-order valence-electron chi connectivity index (χ3n) is 2.88. The lowest BCUT2D eigenvalue weighted by Gasteiger charge is -2.15. The van der Waals surface area contributed by atoms with Crippen molar-refractivity contribution >= 4 is 23.2 Å². The van der Waals surface area contributed by atoms with Crippen LogP contribution in [0.25, 0.3) is 0 Å². The van der Waals surface area contributed by atoms with Crippen LogP contribution >= 0.6 is 11.6 Å². The molecular weight excluding hydrogens is 198 g/mol. The lowest BCUT2D eigenvalue weighted by Crippen LogP contribution is -2.26. The zero-order valence-electron chi connectivity index (χ0n) is 8.44. The van der Waals surface area contributed by atoms with Crippen LogP contribution in [0, 0.1) is 6.92 Å². The van der Waals surface area contributed by atoms with Gasteiger partial charge in [-0.2, -0.15) is 0 Å². The first kappa shape index (κ1) is 9.53. The lowest BCUT2D eigenvalue weighted by atomic mass is 9.85. The first-order chi connectivity index (χ1) is 6.44. The van der Waals surface area contributed by atoms with Crippen LogP contribution < -0.4 is 5.32 Å². The van der Waals surface area contributed by atoms with Crippen LogP contribution in [0.5, 0.6) is 0 Å². The highest BCUT2D eigenvalue weighted by Gasteiger charge is 2.39. The number of amides is 1. The maximum absolute atomic E-state index is 11.7. The Hall–Kier alpha value is -1.02. The van der Waals surface area contributed by atoms with E-state index >= 15 is 0 Å². The number of nitrogens with one attached hydrogen (secondary N) is 1. The molecule has 2 rings (SSSR count). The molecule has 0 saturated carbocycles. The average Bonchev–Trinajstić information content (AvgIpc) is 2.33. The molecule has 0 unspecified atom stereocenters. The fraction of sp³-hybridized carbons (Fsp3) is 0.364. The second kappa shape index (κ2) is 2.74. The molecule has 0 radical (unpaired) electrons. The summed E-state index contributed by atoms with van der Waals surface area (Å²) in [6, 6.07) is 3.76. The standard InChI is InChI=1S/C11H12ClNO/c1-6-8(12)5-4-7-9(6)13-10(14)11(7,2)3/h4-5H,1-3H3,(H,13,14). The number of benzene rings is 1. The fourth-order valence-electron chi connectivity index (χ4n) is 1.76. The van der Waals surface area contributed by atoms with Crippen LogP contribution in [0.2, 0.25) is 5.02 Å². The summed E-state index contributed by atoms with van der Waals surface area (Å²) in [5.41, 5.74) is 2.42. The number of halogens is 1. The Balaban J connectivity index is 2.70. The van der Waals surface area contributed by atoms with Gasteiger partial charge in [0.15, 0.2) is 0 Å². The molecule has 1 aromatic carbocycles. The van der Waals surface area contributed by atoms with Gasteiger partial charge in [-0.3, -0.25) is 4.79 Å². The zero-order chi connectivity index (χ0) is 10.5. The van der Waals surface area contributed by atoms with Gasteiger partial charge in [0.1, 0.15) is 0 Å². The molecule has 0 aliphatic carbocycles. The minimum atomic E-state index is -0.440. The van der Waals surface area contributed by atoms with Gasteiger partial charge in [-0.1, -0.05) is 17.7 Å². The number of rotatable bonds is 0. The van der Waals surface area contributed by atoms with Gasteiger partial charge in [-0.05, 0) is 38.0 Å². The van der Waals surface area contributed by atoms with Gasteiger partial charge in [-0.25, -0.2) is 0 Å². The topological polar surface area (TPSA) is 29.1 Å². The first-order valence-electron chi connectivity index (χ1n) is 4.55. The Labute approximate surface area is 88.3 Å². The van der Waals surface area contributed by atoms with Crippen LogP contribution in [0.4, 0.5) is 5.69 Å². The van der Waals surface area contributed by atoms with Gasteiger partial charge in [0.05, 0.1) is 5.41 Å². The number of carbonyl (C=O) groups is 1. The normalized spacial score (nSPS) is 17.9. The van der Waals surface area contributed by atoms with Crippen molar-refractivity contribution in [1.29, 1.82) is 0 Å². The number of hydrogen-bond acceptors (Lipinski definition) is 1. The van der Waals surface area contributed by atoms with Crippen LogP contribution in [0.1, 0.15) is 25.0 Å². The molecule has 1 aliphatic rings. The summed E-state index contributed by atoms with van der Waals surface area (Å²) in [5, 5.41) is 3.57. The summed E-state index contributed by atoms with van der Waals surface area (Å²) in [6.07, 6.45) is 0. The highest BCUT2D eigenvalue weighted by molar-refractivity contribution is 6.32. The Morgan fingerprint density at radius 2 is 2.00 bits per heavy atom. The van der Waals surface area contributed by atoms with E-state index in [0.717, 1.165) is 16.8 Å². The molecule has 0 fully saturated rings. The summed E-state index contributed by atoms with van der Waals surface area (Å²) in [7, 11) is 0. The van der Waals surface area contributed by atoms with E-state index in [4.69, 9.17) is 11.6 Å². The summed E-state index contributed by atoms with van der Waals surface area (Å²) in [5.74, 6) is 0.0397. The van der Waals surface area contributed by atoms with E-state index in [1.54, 1.807) is 0 Å². The van der Waals surface area contributed by atoms with E-state index in [1.165, 1.54) is 0 Å². The summed E-state index contributed by atoms with van der Waals surface area (Å²) >= 11 is 5.98. The van der Waals surface area contributed by atoms with E-state index in [9.17, 15) is 4.79 Å². The molecule has 0 saturated heterocycles. The van der Waals surface area contributed by atoms with E-state index in [-0.39, 0.29) is 5.91 Å². The van der Waals surface area contributed by atoms with E-state index in [1.807, 2.05) is 32.9 Å². The van der Waals surface area contributed by atoms with Crippen molar-refractivity contribution in [3.05, 3.63) is 28.3 Å². The van der Waals surface area contributed by atoms with Crippen LogP contribution in [-0.4, -0.2) is 5.91 Å². The molecule has 3 heteroatoms. The zero-order valence-corrected chi connectivity index (χ0v) is 9.20. The molecule has 0 aromatic heterocycles. The van der Waals surface area contributed by atoms with Crippen LogP contribution in [0.3, 0.4) is 0 Å². The second-order valence-electron chi connectivity index (χ2n) is 4.17. The van der Waals surface area contributed by atoms with Gasteiger partial charge in [-0.15, -0.1) is 0 Å². The van der Waals surface area contributed by atoms with Gasteiger partial charge in [0, 0.05) is 10.7 Å². The van der Waals surface area contributed by atoms with Gasteiger partial charge < -0.3 is 5.32 Å².